The van der Waals surface area contributed by atoms with Crippen molar-refractivity contribution in [1.29, 1.82) is 0 Å². The number of carbonyl (C=O) groups is 1. The Morgan fingerprint density at radius 3 is 2.61 bits per heavy atom. The molecule has 2 atom stereocenters. The first-order valence-corrected chi connectivity index (χ1v) is 9.59. The van der Waals surface area contributed by atoms with Crippen LogP contribution in [0.4, 0.5) is 0 Å². The van der Waals surface area contributed by atoms with Crippen LogP contribution in [0.3, 0.4) is 0 Å². The van der Waals surface area contributed by atoms with Crippen molar-refractivity contribution in [2.24, 2.45) is 0 Å². The van der Waals surface area contributed by atoms with Gasteiger partial charge in [0.15, 0.2) is 5.82 Å². The Balaban J connectivity index is 1.74. The van der Waals surface area contributed by atoms with Crippen LogP contribution in [0.5, 0.6) is 5.75 Å². The molecule has 0 radical (unpaired) electrons. The monoisotopic (exact) mass is 386 g/mol. The summed E-state index contributed by atoms with van der Waals surface area (Å²) in [6, 6.07) is 7.84. The molecule has 150 valence electrons. The summed E-state index contributed by atoms with van der Waals surface area (Å²) >= 11 is 0. The highest BCUT2D eigenvalue weighted by Crippen LogP contribution is 2.45. The number of hydrogen-bond donors (Lipinski definition) is 0. The quantitative estimate of drug-likeness (QED) is 0.725. The van der Waals surface area contributed by atoms with Gasteiger partial charge < -0.3 is 19.1 Å². The second-order valence-electron chi connectivity index (χ2n) is 7.21. The Morgan fingerprint density at radius 2 is 1.96 bits per heavy atom. The van der Waals surface area contributed by atoms with Gasteiger partial charge in [0.25, 0.3) is 0 Å². The normalized spacial score (nSPS) is 22.5. The van der Waals surface area contributed by atoms with E-state index in [2.05, 4.69) is 10.1 Å². The lowest BCUT2D eigenvalue weighted by Gasteiger charge is -2.41. The van der Waals surface area contributed by atoms with Crippen LogP contribution in [0.1, 0.15) is 42.2 Å². The van der Waals surface area contributed by atoms with Crippen molar-refractivity contribution in [2.75, 3.05) is 27.4 Å². The molecule has 0 spiro atoms. The van der Waals surface area contributed by atoms with Crippen molar-refractivity contribution < 1.29 is 19.0 Å². The van der Waals surface area contributed by atoms with Crippen LogP contribution in [0.25, 0.3) is 0 Å². The molecular formula is C20H26N4O4. The molecule has 2 aliphatic rings. The maximum atomic E-state index is 12.7. The van der Waals surface area contributed by atoms with E-state index in [0.717, 1.165) is 30.0 Å². The van der Waals surface area contributed by atoms with E-state index in [1.807, 2.05) is 40.8 Å². The number of aryl methyl sites for hydroxylation is 1. The minimum Gasteiger partial charge on any atom is -0.497 e. The van der Waals surface area contributed by atoms with E-state index in [4.69, 9.17) is 14.2 Å². The summed E-state index contributed by atoms with van der Waals surface area (Å²) in [6.07, 6.45) is 1.67. The molecular weight excluding hydrogens is 360 g/mol. The van der Waals surface area contributed by atoms with Gasteiger partial charge in [0, 0.05) is 13.2 Å². The van der Waals surface area contributed by atoms with Gasteiger partial charge in [-0.1, -0.05) is 12.1 Å². The maximum absolute atomic E-state index is 12.7. The first-order chi connectivity index (χ1) is 13.6. The summed E-state index contributed by atoms with van der Waals surface area (Å²) in [5, 5.41) is 4.51. The molecule has 1 aromatic carbocycles. The number of benzene rings is 1. The summed E-state index contributed by atoms with van der Waals surface area (Å²) in [5.74, 6) is 2.21. The molecule has 28 heavy (non-hydrogen) atoms. The van der Waals surface area contributed by atoms with Gasteiger partial charge in [0.2, 0.25) is 5.91 Å². The van der Waals surface area contributed by atoms with E-state index in [-0.39, 0.29) is 30.7 Å². The number of methoxy groups -OCH3 is 2. The van der Waals surface area contributed by atoms with Gasteiger partial charge in [0.1, 0.15) is 24.3 Å². The van der Waals surface area contributed by atoms with E-state index in [0.29, 0.717) is 19.0 Å². The highest BCUT2D eigenvalue weighted by Gasteiger charge is 2.47. The lowest BCUT2D eigenvalue weighted by molar-refractivity contribution is -0.160. The Labute approximate surface area is 164 Å². The zero-order valence-corrected chi connectivity index (χ0v) is 16.5. The van der Waals surface area contributed by atoms with Crippen LogP contribution >= 0.6 is 0 Å². The molecule has 1 saturated heterocycles. The number of carbonyl (C=O) groups excluding carboxylic acids is 1. The molecule has 0 N–H and O–H groups in total. The van der Waals surface area contributed by atoms with Gasteiger partial charge in [-0.15, -0.1) is 0 Å². The standard InChI is InChI=1S/C20H26N4O4/c1-13-21-20(23(22-13)10-11-26-2)19-18(14-4-8-16(27-3)9-5-14)24(15-6-7-15)17(25)12-28-19/h4-5,8-9,15,18-19H,6-7,10-12H2,1-3H3/t18-,19+/m1/s1. The predicted molar refractivity (Wildman–Crippen MR) is 101 cm³/mol. The van der Waals surface area contributed by atoms with E-state index in [1.54, 1.807) is 14.2 Å². The van der Waals surface area contributed by atoms with Crippen LogP contribution in [0.2, 0.25) is 0 Å². The molecule has 1 aromatic heterocycles. The molecule has 2 fully saturated rings. The highest BCUT2D eigenvalue weighted by atomic mass is 16.5. The molecule has 1 saturated carbocycles. The fraction of sp³-hybridized carbons (Fsp3) is 0.550. The predicted octanol–water partition coefficient (Wildman–Crippen LogP) is 2.05. The first-order valence-electron chi connectivity index (χ1n) is 9.59. The summed E-state index contributed by atoms with van der Waals surface area (Å²) in [7, 11) is 3.30. The molecule has 2 aromatic rings. The highest BCUT2D eigenvalue weighted by molar-refractivity contribution is 5.79. The lowest BCUT2D eigenvalue weighted by atomic mass is 9.96. The third-order valence-electron chi connectivity index (χ3n) is 5.23. The maximum Gasteiger partial charge on any atom is 0.249 e. The van der Waals surface area contributed by atoms with Crippen molar-refractivity contribution in [3.05, 3.63) is 41.5 Å². The summed E-state index contributed by atoms with van der Waals surface area (Å²) < 4.78 is 18.4. The third-order valence-corrected chi connectivity index (χ3v) is 5.23. The average Bonchev–Trinajstić information content (AvgIpc) is 3.48. The molecule has 1 aliphatic carbocycles. The zero-order valence-electron chi connectivity index (χ0n) is 16.5. The van der Waals surface area contributed by atoms with Crippen LogP contribution in [0, 0.1) is 6.92 Å². The van der Waals surface area contributed by atoms with Crippen molar-refractivity contribution >= 4 is 5.91 Å². The second kappa shape index (κ2) is 7.89. The molecule has 1 aliphatic heterocycles. The van der Waals surface area contributed by atoms with Gasteiger partial charge in [-0.2, -0.15) is 5.10 Å². The number of hydrogen-bond acceptors (Lipinski definition) is 6. The molecule has 8 heteroatoms. The minimum absolute atomic E-state index is 0.0271. The largest absolute Gasteiger partial charge is 0.497 e. The van der Waals surface area contributed by atoms with Gasteiger partial charge >= 0.3 is 0 Å². The molecule has 8 nitrogen and oxygen atoms in total. The molecule has 1 amide bonds. The third kappa shape index (κ3) is 3.62. The van der Waals surface area contributed by atoms with Crippen molar-refractivity contribution in [3.63, 3.8) is 0 Å². The zero-order chi connectivity index (χ0) is 19.7. The van der Waals surface area contributed by atoms with Crippen LogP contribution < -0.4 is 4.74 Å². The topological polar surface area (TPSA) is 78.7 Å². The van der Waals surface area contributed by atoms with Crippen LogP contribution in [0.15, 0.2) is 24.3 Å². The smallest absolute Gasteiger partial charge is 0.249 e. The molecule has 2 heterocycles. The average molecular weight is 386 g/mol. The molecule has 0 unspecified atom stereocenters. The Hall–Kier alpha value is -2.45. The lowest BCUT2D eigenvalue weighted by Crippen LogP contribution is -2.47. The Morgan fingerprint density at radius 1 is 1.21 bits per heavy atom. The number of rotatable bonds is 7. The summed E-state index contributed by atoms with van der Waals surface area (Å²) in [5.41, 5.74) is 1.00. The van der Waals surface area contributed by atoms with Crippen LogP contribution in [-0.2, 0) is 20.8 Å². The van der Waals surface area contributed by atoms with Crippen molar-refractivity contribution in [1.82, 2.24) is 19.7 Å². The van der Waals surface area contributed by atoms with E-state index < -0.39 is 0 Å². The van der Waals surface area contributed by atoms with Gasteiger partial charge in [-0.05, 0) is 37.5 Å². The van der Waals surface area contributed by atoms with Crippen molar-refractivity contribution in [2.45, 2.75) is 44.5 Å². The molecule has 0 bridgehead atoms. The Kier molecular flexibility index (Phi) is 5.32. The fourth-order valence-electron chi connectivity index (χ4n) is 3.79. The number of nitrogens with zero attached hydrogens (tertiary/aromatic N) is 4. The summed E-state index contributed by atoms with van der Waals surface area (Å²) in [4.78, 5) is 19.4. The van der Waals surface area contributed by atoms with Crippen LogP contribution in [-0.4, -0.2) is 59.0 Å². The second-order valence-corrected chi connectivity index (χ2v) is 7.21. The van der Waals surface area contributed by atoms with E-state index in [1.165, 1.54) is 0 Å². The van der Waals surface area contributed by atoms with Gasteiger partial charge in [0.05, 0.1) is 26.3 Å². The molecule has 4 rings (SSSR count). The number of morpholine rings is 1. The first kappa shape index (κ1) is 18.9. The van der Waals surface area contributed by atoms with Gasteiger partial charge in [-0.3, -0.25) is 4.79 Å². The Bertz CT molecular complexity index is 831. The number of amides is 1. The number of aromatic nitrogens is 3. The van der Waals surface area contributed by atoms with Crippen molar-refractivity contribution in [3.8, 4) is 5.75 Å². The van der Waals surface area contributed by atoms with Gasteiger partial charge in [-0.25, -0.2) is 9.67 Å². The summed E-state index contributed by atoms with van der Waals surface area (Å²) in [6.45, 7) is 3.03. The SMILES string of the molecule is COCCn1nc(C)nc1[C@H]1OCC(=O)N(C2CC2)[C@@H]1c1ccc(OC)cc1. The van der Waals surface area contributed by atoms with E-state index >= 15 is 0 Å². The minimum atomic E-state index is -0.384. The fourth-order valence-corrected chi connectivity index (χ4v) is 3.79. The number of ether oxygens (including phenoxy) is 3. The van der Waals surface area contributed by atoms with E-state index in [9.17, 15) is 4.79 Å².